The van der Waals surface area contributed by atoms with E-state index in [9.17, 15) is 56.2 Å². The molecular weight excluding hydrogens is 494 g/mol. The summed E-state index contributed by atoms with van der Waals surface area (Å²) in [6.45, 7) is 1.33. The van der Waals surface area contributed by atoms with Gasteiger partial charge in [0.2, 0.25) is 11.8 Å². The van der Waals surface area contributed by atoms with E-state index in [0.29, 0.717) is 24.3 Å². The molecule has 2 N–H and O–H groups in total. The van der Waals surface area contributed by atoms with Crippen molar-refractivity contribution in [2.75, 3.05) is 10.6 Å². The number of nitrogens with one attached hydrogen (secondary N) is 2. The Kier molecular flexibility index (Phi) is 7.67. The molecule has 0 saturated heterocycles. The zero-order valence-corrected chi connectivity index (χ0v) is 17.4. The molecule has 0 heterocycles. The van der Waals surface area contributed by atoms with Gasteiger partial charge in [-0.25, -0.2) is 0 Å². The van der Waals surface area contributed by atoms with Crippen molar-refractivity contribution in [1.29, 1.82) is 0 Å². The van der Waals surface area contributed by atoms with Crippen molar-refractivity contribution in [3.8, 4) is 0 Å². The second-order valence-corrected chi connectivity index (χ2v) is 6.91. The van der Waals surface area contributed by atoms with Crippen molar-refractivity contribution >= 4 is 34.6 Å². The molecule has 0 radical (unpaired) electrons. The second kappa shape index (κ2) is 9.94. The van der Waals surface area contributed by atoms with Crippen LogP contribution >= 0.6 is 0 Å². The van der Waals surface area contributed by atoms with Crippen LogP contribution in [0.2, 0.25) is 0 Å². The predicted octanol–water partition coefficient (Wildman–Crippen LogP) is 5.14. The van der Waals surface area contributed by atoms with E-state index >= 15 is 0 Å². The molecule has 0 fully saturated rings. The first-order valence-electron chi connectivity index (χ1n) is 9.39. The summed E-state index contributed by atoms with van der Waals surface area (Å²) in [5.41, 5.74) is -6.87. The number of alkyl halides is 6. The maximum absolute atomic E-state index is 13.1. The third-order valence-electron chi connectivity index (χ3n) is 4.57. The molecule has 2 rings (SSSR count). The van der Waals surface area contributed by atoms with E-state index in [1.807, 2.05) is 10.6 Å². The van der Waals surface area contributed by atoms with Gasteiger partial charge in [0.1, 0.15) is 17.0 Å². The number of amides is 2. The lowest BCUT2D eigenvalue weighted by atomic mass is 10.0. The molecule has 0 saturated carbocycles. The molecule has 2 aromatic rings. The van der Waals surface area contributed by atoms with Crippen LogP contribution in [0, 0.1) is 26.1 Å². The number of carbonyl (C=O) groups excluding carboxylic acids is 2. The first kappa shape index (κ1) is 27.0. The van der Waals surface area contributed by atoms with E-state index in [0.717, 1.165) is 12.1 Å². The first-order valence-corrected chi connectivity index (χ1v) is 9.39. The zero-order valence-electron chi connectivity index (χ0n) is 17.4. The maximum Gasteiger partial charge on any atom is 0.423 e. The summed E-state index contributed by atoms with van der Waals surface area (Å²) in [7, 11) is 0. The smallest absolute Gasteiger partial charge is 0.325 e. The Morgan fingerprint density at radius 2 is 1.14 bits per heavy atom. The lowest BCUT2D eigenvalue weighted by molar-refractivity contribution is -0.388. The van der Waals surface area contributed by atoms with Crippen LogP contribution < -0.4 is 10.6 Å². The molecule has 0 aliphatic heterocycles. The second-order valence-electron chi connectivity index (χ2n) is 6.91. The summed E-state index contributed by atoms with van der Waals surface area (Å²) < 4.78 is 78.7. The SMILES string of the molecule is CCC(C(=O)Nc1ccc([N+](=O)[O-])c(C(F)(F)F)c1)C(=O)Nc1ccc([N+](=O)[O-])c(C(F)(F)F)c1. The minimum absolute atomic E-state index is 0.240. The lowest BCUT2D eigenvalue weighted by Crippen LogP contribution is -2.33. The molecule has 0 atom stereocenters. The van der Waals surface area contributed by atoms with Crippen LogP contribution in [0.25, 0.3) is 0 Å². The number of halogens is 6. The Labute approximate surface area is 191 Å². The summed E-state index contributed by atoms with van der Waals surface area (Å²) in [6, 6.07) is 3.23. The molecule has 2 aromatic carbocycles. The van der Waals surface area contributed by atoms with E-state index in [1.165, 1.54) is 6.92 Å². The number of nitro benzene ring substituents is 2. The highest BCUT2D eigenvalue weighted by atomic mass is 19.4. The van der Waals surface area contributed by atoms with Crippen molar-refractivity contribution in [2.24, 2.45) is 5.92 Å². The van der Waals surface area contributed by atoms with Crippen molar-refractivity contribution in [2.45, 2.75) is 25.7 Å². The van der Waals surface area contributed by atoms with Crippen LogP contribution in [0.1, 0.15) is 24.5 Å². The first-order chi connectivity index (χ1) is 16.1. The zero-order chi connectivity index (χ0) is 26.7. The highest BCUT2D eigenvalue weighted by Crippen LogP contribution is 2.39. The Hall–Kier alpha value is -4.24. The average Bonchev–Trinajstić information content (AvgIpc) is 2.72. The van der Waals surface area contributed by atoms with E-state index < -0.39 is 73.8 Å². The summed E-state index contributed by atoms with van der Waals surface area (Å²) in [5, 5.41) is 25.7. The molecule has 2 amide bonds. The fraction of sp³-hybridized carbons (Fsp3) is 0.263. The Balaban J connectivity index is 2.28. The molecule has 188 valence electrons. The van der Waals surface area contributed by atoms with Crippen LogP contribution in [-0.4, -0.2) is 21.7 Å². The fourth-order valence-corrected chi connectivity index (χ4v) is 2.95. The molecule has 0 aromatic heterocycles. The van der Waals surface area contributed by atoms with Gasteiger partial charge >= 0.3 is 12.4 Å². The average molecular weight is 508 g/mol. The van der Waals surface area contributed by atoms with E-state index in [2.05, 4.69) is 0 Å². The number of anilines is 2. The van der Waals surface area contributed by atoms with Crippen LogP contribution in [0.4, 0.5) is 49.1 Å². The van der Waals surface area contributed by atoms with Gasteiger partial charge in [0.25, 0.3) is 11.4 Å². The lowest BCUT2D eigenvalue weighted by Gasteiger charge is -2.17. The van der Waals surface area contributed by atoms with Gasteiger partial charge in [0.15, 0.2) is 0 Å². The number of hydrogen-bond acceptors (Lipinski definition) is 6. The van der Waals surface area contributed by atoms with Crippen LogP contribution in [0.15, 0.2) is 36.4 Å². The van der Waals surface area contributed by atoms with Gasteiger partial charge in [0, 0.05) is 23.5 Å². The summed E-state index contributed by atoms with van der Waals surface area (Å²) >= 11 is 0. The Morgan fingerprint density at radius 3 is 1.40 bits per heavy atom. The van der Waals surface area contributed by atoms with Gasteiger partial charge in [-0.05, 0) is 30.7 Å². The maximum atomic E-state index is 13.1. The molecule has 35 heavy (non-hydrogen) atoms. The van der Waals surface area contributed by atoms with E-state index in [1.54, 1.807) is 0 Å². The number of benzene rings is 2. The summed E-state index contributed by atoms with van der Waals surface area (Å²) in [5.74, 6) is -3.90. The molecule has 0 aliphatic carbocycles. The third kappa shape index (κ3) is 6.42. The number of carbonyl (C=O) groups is 2. The quantitative estimate of drug-likeness (QED) is 0.229. The van der Waals surface area contributed by atoms with Crippen LogP contribution in [0.3, 0.4) is 0 Å². The molecule has 0 unspecified atom stereocenters. The molecule has 0 spiro atoms. The van der Waals surface area contributed by atoms with Crippen LogP contribution in [0.5, 0.6) is 0 Å². The predicted molar refractivity (Wildman–Crippen MR) is 107 cm³/mol. The van der Waals surface area contributed by atoms with E-state index in [4.69, 9.17) is 0 Å². The number of nitro groups is 2. The molecule has 10 nitrogen and oxygen atoms in total. The van der Waals surface area contributed by atoms with E-state index in [-0.39, 0.29) is 6.42 Å². The summed E-state index contributed by atoms with van der Waals surface area (Å²) in [4.78, 5) is 44.0. The van der Waals surface area contributed by atoms with Gasteiger partial charge < -0.3 is 10.6 Å². The highest BCUT2D eigenvalue weighted by Gasteiger charge is 2.40. The number of nitrogens with zero attached hydrogens (tertiary/aromatic N) is 2. The molecule has 16 heteroatoms. The van der Waals surface area contributed by atoms with Gasteiger partial charge in [-0.2, -0.15) is 26.3 Å². The molecule has 0 aliphatic rings. The van der Waals surface area contributed by atoms with Gasteiger partial charge in [-0.3, -0.25) is 29.8 Å². The van der Waals surface area contributed by atoms with Crippen molar-refractivity contribution < 1.29 is 45.8 Å². The van der Waals surface area contributed by atoms with Gasteiger partial charge in [-0.1, -0.05) is 6.92 Å². The number of hydrogen-bond donors (Lipinski definition) is 2. The Bertz CT molecular complexity index is 1090. The standard InChI is InChI=1S/C19H14F6N4O6/c1-2-11(16(30)26-9-3-5-14(28(32)33)12(7-9)18(20,21)22)17(31)27-10-4-6-15(29(34)35)13(8-10)19(23,24)25/h3-8,11H,2H2,1H3,(H,26,30)(H,27,31). The normalized spacial score (nSPS) is 11.8. The molecule has 0 bridgehead atoms. The Morgan fingerprint density at radius 1 is 0.800 bits per heavy atom. The highest BCUT2D eigenvalue weighted by molar-refractivity contribution is 6.10. The van der Waals surface area contributed by atoms with Crippen LogP contribution in [-0.2, 0) is 21.9 Å². The van der Waals surface area contributed by atoms with Crippen molar-refractivity contribution in [3.05, 3.63) is 67.8 Å². The van der Waals surface area contributed by atoms with Crippen molar-refractivity contribution in [3.63, 3.8) is 0 Å². The third-order valence-corrected chi connectivity index (χ3v) is 4.57. The summed E-state index contributed by atoms with van der Waals surface area (Å²) in [6.07, 6.45) is -10.5. The number of rotatable bonds is 7. The largest absolute Gasteiger partial charge is 0.423 e. The minimum Gasteiger partial charge on any atom is -0.325 e. The fourth-order valence-electron chi connectivity index (χ4n) is 2.95. The van der Waals surface area contributed by atoms with Gasteiger partial charge in [0.05, 0.1) is 9.85 Å². The minimum atomic E-state index is -5.13. The van der Waals surface area contributed by atoms with Gasteiger partial charge in [-0.15, -0.1) is 0 Å². The molecular formula is C19H14F6N4O6. The topological polar surface area (TPSA) is 144 Å². The monoisotopic (exact) mass is 508 g/mol. The van der Waals surface area contributed by atoms with Crippen molar-refractivity contribution in [1.82, 2.24) is 0 Å².